The van der Waals surface area contributed by atoms with E-state index in [1.54, 1.807) is 6.92 Å². The van der Waals surface area contributed by atoms with Crippen LogP contribution in [0.3, 0.4) is 0 Å². The Hall–Kier alpha value is -1.27. The second-order valence-corrected chi connectivity index (χ2v) is 5.97. The highest BCUT2D eigenvalue weighted by molar-refractivity contribution is 5.75. The first-order valence-electron chi connectivity index (χ1n) is 7.58. The molecule has 0 aromatic carbocycles. The van der Waals surface area contributed by atoms with Gasteiger partial charge < -0.3 is 9.47 Å². The van der Waals surface area contributed by atoms with E-state index in [2.05, 4.69) is 4.74 Å². The minimum Gasteiger partial charge on any atom is -0.458 e. The monoisotopic (exact) mass is 324 g/mol. The molecule has 4 nitrogen and oxygen atoms in total. The third kappa shape index (κ3) is 5.18. The van der Waals surface area contributed by atoms with Gasteiger partial charge in [0.15, 0.2) is 6.10 Å². The van der Waals surface area contributed by atoms with Crippen molar-refractivity contribution in [1.82, 2.24) is 0 Å². The van der Waals surface area contributed by atoms with Gasteiger partial charge in [0.25, 0.3) is 0 Å². The normalized spacial score (nSPS) is 20.3. The largest absolute Gasteiger partial charge is 0.458 e. The molecule has 0 aromatic rings. The summed E-state index contributed by atoms with van der Waals surface area (Å²) in [5.41, 5.74) is -1.01. The molecule has 1 aliphatic rings. The Kier molecular flexibility index (Phi) is 6.26. The fourth-order valence-electron chi connectivity index (χ4n) is 2.38. The Bertz CT molecular complexity index is 400. The summed E-state index contributed by atoms with van der Waals surface area (Å²) in [6, 6.07) is 0. The zero-order valence-electron chi connectivity index (χ0n) is 13.2. The van der Waals surface area contributed by atoms with E-state index in [1.807, 2.05) is 6.92 Å². The van der Waals surface area contributed by atoms with E-state index >= 15 is 0 Å². The number of alkyl halides is 3. The maximum absolute atomic E-state index is 12.4. The van der Waals surface area contributed by atoms with Crippen molar-refractivity contribution in [3.63, 3.8) is 0 Å². The van der Waals surface area contributed by atoms with E-state index in [0.29, 0.717) is 19.3 Å². The van der Waals surface area contributed by atoms with Crippen LogP contribution in [-0.4, -0.2) is 29.8 Å². The highest BCUT2D eigenvalue weighted by atomic mass is 19.4. The summed E-state index contributed by atoms with van der Waals surface area (Å²) in [4.78, 5) is 23.7. The van der Waals surface area contributed by atoms with Crippen molar-refractivity contribution in [3.05, 3.63) is 0 Å². The maximum Gasteiger partial charge on any atom is 0.425 e. The van der Waals surface area contributed by atoms with Crippen LogP contribution in [0.4, 0.5) is 13.2 Å². The lowest BCUT2D eigenvalue weighted by Gasteiger charge is -2.30. The summed E-state index contributed by atoms with van der Waals surface area (Å²) in [7, 11) is 0. The van der Waals surface area contributed by atoms with Crippen molar-refractivity contribution in [3.8, 4) is 0 Å². The summed E-state index contributed by atoms with van der Waals surface area (Å²) >= 11 is 0. The van der Waals surface area contributed by atoms with Gasteiger partial charge in [-0.15, -0.1) is 0 Å². The number of ether oxygens (including phenoxy) is 2. The van der Waals surface area contributed by atoms with Crippen LogP contribution in [0.15, 0.2) is 0 Å². The van der Waals surface area contributed by atoms with Gasteiger partial charge in [-0.3, -0.25) is 9.59 Å². The number of esters is 2. The molecule has 1 fully saturated rings. The molecule has 0 heterocycles. The van der Waals surface area contributed by atoms with E-state index in [4.69, 9.17) is 4.74 Å². The molecule has 1 saturated carbocycles. The summed E-state index contributed by atoms with van der Waals surface area (Å²) in [5, 5.41) is 0. The van der Waals surface area contributed by atoms with Gasteiger partial charge >= 0.3 is 18.1 Å². The van der Waals surface area contributed by atoms with Gasteiger partial charge in [0, 0.05) is 0 Å². The van der Waals surface area contributed by atoms with Crippen molar-refractivity contribution in [1.29, 1.82) is 0 Å². The Morgan fingerprint density at radius 3 is 2.18 bits per heavy atom. The fraction of sp³-hybridized carbons (Fsp3) is 0.867. The van der Waals surface area contributed by atoms with E-state index in [-0.39, 0.29) is 12.3 Å². The van der Waals surface area contributed by atoms with E-state index < -0.39 is 29.8 Å². The van der Waals surface area contributed by atoms with Crippen LogP contribution in [0, 0.1) is 5.92 Å². The predicted molar refractivity (Wildman–Crippen MR) is 73.0 cm³/mol. The summed E-state index contributed by atoms with van der Waals surface area (Å²) in [6.07, 6.45) is -3.98. The van der Waals surface area contributed by atoms with Crippen LogP contribution in [0.1, 0.15) is 59.3 Å². The van der Waals surface area contributed by atoms with Crippen LogP contribution in [0.5, 0.6) is 0 Å². The van der Waals surface area contributed by atoms with Crippen LogP contribution in [0.2, 0.25) is 0 Å². The van der Waals surface area contributed by atoms with Gasteiger partial charge in [0.1, 0.15) is 5.60 Å². The van der Waals surface area contributed by atoms with Gasteiger partial charge in [-0.05, 0) is 39.0 Å². The molecule has 2 atom stereocenters. The number of carbonyl (C=O) groups excluding carboxylic acids is 2. The second-order valence-electron chi connectivity index (χ2n) is 5.97. The lowest BCUT2D eigenvalue weighted by atomic mass is 9.97. The molecule has 22 heavy (non-hydrogen) atoms. The Balaban J connectivity index is 2.68. The fourth-order valence-corrected chi connectivity index (χ4v) is 2.38. The van der Waals surface area contributed by atoms with Crippen LogP contribution < -0.4 is 0 Å². The molecule has 0 radical (unpaired) electrons. The van der Waals surface area contributed by atoms with Crippen LogP contribution >= 0.6 is 0 Å². The average Bonchev–Trinajstić information content (AvgIpc) is 2.84. The molecule has 0 aliphatic heterocycles. The minimum atomic E-state index is -4.59. The first-order valence-corrected chi connectivity index (χ1v) is 7.58. The molecule has 0 N–H and O–H groups in total. The molecule has 1 aliphatic carbocycles. The van der Waals surface area contributed by atoms with E-state index in [9.17, 15) is 22.8 Å². The number of carbonyl (C=O) groups is 2. The van der Waals surface area contributed by atoms with Crippen LogP contribution in [0.25, 0.3) is 0 Å². The summed E-state index contributed by atoms with van der Waals surface area (Å²) < 4.78 is 47.1. The van der Waals surface area contributed by atoms with Crippen molar-refractivity contribution >= 4 is 11.9 Å². The number of rotatable bonds is 6. The zero-order valence-corrected chi connectivity index (χ0v) is 13.2. The van der Waals surface area contributed by atoms with E-state index in [1.165, 1.54) is 0 Å². The second kappa shape index (κ2) is 7.33. The quantitative estimate of drug-likeness (QED) is 0.698. The third-order valence-electron chi connectivity index (χ3n) is 4.08. The smallest absolute Gasteiger partial charge is 0.425 e. The molecule has 0 spiro atoms. The van der Waals surface area contributed by atoms with Crippen molar-refractivity contribution in [2.24, 2.45) is 5.92 Å². The molecule has 0 aromatic heterocycles. The highest BCUT2D eigenvalue weighted by Crippen LogP contribution is 2.37. The average molecular weight is 324 g/mol. The molecule has 7 heteroatoms. The van der Waals surface area contributed by atoms with Crippen LogP contribution in [-0.2, 0) is 19.1 Å². The van der Waals surface area contributed by atoms with Crippen molar-refractivity contribution < 1.29 is 32.2 Å². The molecule has 0 amide bonds. The van der Waals surface area contributed by atoms with Gasteiger partial charge in [-0.1, -0.05) is 13.8 Å². The molecular formula is C15H23F3O4. The number of hydrogen-bond acceptors (Lipinski definition) is 4. The lowest BCUT2D eigenvalue weighted by Crippen LogP contribution is -2.39. The SMILES string of the molecule is CCC(C)C(=O)OC1(CC(=O)OC(C)C(F)(F)F)CCCC1. The first-order chi connectivity index (χ1) is 10.1. The van der Waals surface area contributed by atoms with Gasteiger partial charge in [0.2, 0.25) is 0 Å². The number of halogens is 3. The predicted octanol–water partition coefficient (Wildman–Crippen LogP) is 3.77. The van der Waals surface area contributed by atoms with Gasteiger partial charge in [0.05, 0.1) is 12.3 Å². The molecule has 128 valence electrons. The highest BCUT2D eigenvalue weighted by Gasteiger charge is 2.44. The topological polar surface area (TPSA) is 52.6 Å². The Morgan fingerprint density at radius 1 is 1.18 bits per heavy atom. The van der Waals surface area contributed by atoms with E-state index in [0.717, 1.165) is 19.8 Å². The molecule has 1 rings (SSSR count). The summed E-state index contributed by atoms with van der Waals surface area (Å²) in [5.74, 6) is -1.70. The standard InChI is InChI=1S/C15H23F3O4/c1-4-10(2)13(20)22-14(7-5-6-8-14)9-12(19)21-11(3)15(16,17)18/h10-11H,4-9H2,1-3H3. The lowest BCUT2D eigenvalue weighted by molar-refractivity contribution is -0.219. The summed E-state index contributed by atoms with van der Waals surface area (Å²) in [6.45, 7) is 4.34. The maximum atomic E-state index is 12.4. The minimum absolute atomic E-state index is 0.303. The Labute approximate surface area is 128 Å². The molecular weight excluding hydrogens is 301 g/mol. The molecule has 0 saturated heterocycles. The van der Waals surface area contributed by atoms with Gasteiger partial charge in [-0.25, -0.2) is 0 Å². The zero-order chi connectivity index (χ0) is 17.0. The third-order valence-corrected chi connectivity index (χ3v) is 4.08. The first kappa shape index (κ1) is 18.8. The molecule has 0 bridgehead atoms. The van der Waals surface area contributed by atoms with Crippen molar-refractivity contribution in [2.45, 2.75) is 77.2 Å². The molecule has 2 unspecified atom stereocenters. The van der Waals surface area contributed by atoms with Gasteiger partial charge in [-0.2, -0.15) is 13.2 Å². The van der Waals surface area contributed by atoms with Crippen molar-refractivity contribution in [2.75, 3.05) is 0 Å². The number of hydrogen-bond donors (Lipinski definition) is 0. The Morgan fingerprint density at radius 2 is 1.73 bits per heavy atom.